The molecule has 2 aromatic carbocycles. The minimum absolute atomic E-state index is 0.0485. The van der Waals surface area contributed by atoms with E-state index >= 15 is 0 Å². The molecule has 0 aromatic heterocycles. The first kappa shape index (κ1) is 22.8. The molecule has 0 spiro atoms. The van der Waals surface area contributed by atoms with Crippen molar-refractivity contribution >= 4 is 43.8 Å². The molecule has 0 unspecified atom stereocenters. The molecule has 0 atom stereocenters. The van der Waals surface area contributed by atoms with Crippen LogP contribution in [-0.4, -0.2) is 36.8 Å². The number of rotatable bonds is 7. The van der Waals surface area contributed by atoms with Crippen LogP contribution in [0.3, 0.4) is 0 Å². The number of carbonyl (C=O) groups is 1. The van der Waals surface area contributed by atoms with Crippen LogP contribution in [-0.2, 0) is 24.8 Å². The molecule has 0 heterocycles. The van der Waals surface area contributed by atoms with Crippen molar-refractivity contribution in [3.05, 3.63) is 53.1 Å². The molecule has 0 radical (unpaired) electrons. The Morgan fingerprint density at radius 3 is 1.79 bits per heavy atom. The third-order valence-corrected chi connectivity index (χ3v) is 7.00. The second kappa shape index (κ2) is 8.87. The van der Waals surface area contributed by atoms with Gasteiger partial charge >= 0.3 is 0 Å². The van der Waals surface area contributed by atoms with E-state index < -0.39 is 20.0 Å². The van der Waals surface area contributed by atoms with E-state index in [2.05, 4.69) is 14.8 Å². The van der Waals surface area contributed by atoms with Gasteiger partial charge in [-0.3, -0.25) is 4.79 Å². The van der Waals surface area contributed by atoms with Crippen LogP contribution >= 0.6 is 0 Å². The summed E-state index contributed by atoms with van der Waals surface area (Å²) in [6, 6.07) is 9.39. The molecule has 8 nitrogen and oxygen atoms in total. The number of sulfonamides is 2. The molecule has 0 fully saturated rings. The Bertz CT molecular complexity index is 1170. The first-order valence-electron chi connectivity index (χ1n) is 8.57. The third kappa shape index (κ3) is 5.51. The summed E-state index contributed by atoms with van der Waals surface area (Å²) < 4.78 is 54.0. The number of anilines is 1. The molecule has 3 N–H and O–H groups in total. The van der Waals surface area contributed by atoms with E-state index in [0.29, 0.717) is 16.8 Å². The molecule has 1 amide bonds. The maximum atomic E-state index is 12.4. The number of hydrogen-bond donors (Lipinski definition) is 3. The first-order valence-corrected chi connectivity index (χ1v) is 11.5. The van der Waals surface area contributed by atoms with Crippen molar-refractivity contribution < 1.29 is 21.6 Å². The molecule has 29 heavy (non-hydrogen) atoms. The average molecular weight is 438 g/mol. The first-order chi connectivity index (χ1) is 13.5. The van der Waals surface area contributed by atoms with Crippen molar-refractivity contribution in [1.82, 2.24) is 9.44 Å². The highest BCUT2D eigenvalue weighted by molar-refractivity contribution is 7.89. The van der Waals surface area contributed by atoms with Gasteiger partial charge in [-0.2, -0.15) is 0 Å². The van der Waals surface area contributed by atoms with Crippen molar-refractivity contribution in [2.75, 3.05) is 19.4 Å². The van der Waals surface area contributed by atoms with Crippen LogP contribution in [0, 0.1) is 6.92 Å². The maximum Gasteiger partial charge on any atom is 0.240 e. The summed E-state index contributed by atoms with van der Waals surface area (Å²) in [5.74, 6) is -0.331. The van der Waals surface area contributed by atoms with Gasteiger partial charge in [-0.05, 0) is 55.9 Å². The van der Waals surface area contributed by atoms with E-state index in [4.69, 9.17) is 0 Å². The molecule has 0 aliphatic rings. The molecular formula is C19H23N3O5S2. The van der Waals surface area contributed by atoms with Crippen molar-refractivity contribution in [3.8, 4) is 0 Å². The van der Waals surface area contributed by atoms with Crippen LogP contribution in [0.2, 0.25) is 0 Å². The lowest BCUT2D eigenvalue weighted by Gasteiger charge is -2.11. The summed E-state index contributed by atoms with van der Waals surface area (Å²) in [4.78, 5) is 11.3. The lowest BCUT2D eigenvalue weighted by Crippen LogP contribution is -2.20. The van der Waals surface area contributed by atoms with Crippen molar-refractivity contribution in [3.63, 3.8) is 0 Å². The molecular weight excluding hydrogens is 414 g/mol. The fourth-order valence-electron chi connectivity index (χ4n) is 2.60. The monoisotopic (exact) mass is 437 g/mol. The molecule has 10 heteroatoms. The minimum Gasteiger partial charge on any atom is -0.326 e. The number of hydrogen-bond acceptors (Lipinski definition) is 5. The highest BCUT2D eigenvalue weighted by Gasteiger charge is 2.18. The van der Waals surface area contributed by atoms with Gasteiger partial charge in [0.1, 0.15) is 0 Å². The number of carbonyl (C=O) groups excluding carboxylic acids is 1. The molecule has 156 valence electrons. The number of amides is 1. The van der Waals surface area contributed by atoms with E-state index in [1.807, 2.05) is 0 Å². The normalized spacial score (nSPS) is 12.3. The number of benzene rings is 2. The number of nitrogens with one attached hydrogen (secondary N) is 3. The van der Waals surface area contributed by atoms with Gasteiger partial charge in [0, 0.05) is 12.6 Å². The summed E-state index contributed by atoms with van der Waals surface area (Å²) in [6.07, 6.45) is 3.05. The zero-order valence-corrected chi connectivity index (χ0v) is 18.1. The van der Waals surface area contributed by atoms with Gasteiger partial charge < -0.3 is 5.32 Å². The van der Waals surface area contributed by atoms with Crippen molar-refractivity contribution in [1.29, 1.82) is 0 Å². The molecule has 0 saturated heterocycles. The van der Waals surface area contributed by atoms with Gasteiger partial charge in [0.25, 0.3) is 0 Å². The van der Waals surface area contributed by atoms with Gasteiger partial charge in [-0.1, -0.05) is 30.4 Å². The summed E-state index contributed by atoms with van der Waals surface area (Å²) in [5.41, 5.74) is 1.84. The van der Waals surface area contributed by atoms with E-state index in [9.17, 15) is 21.6 Å². The van der Waals surface area contributed by atoms with Crippen LogP contribution in [0.4, 0.5) is 5.69 Å². The fourth-order valence-corrected chi connectivity index (χ4v) is 4.55. The van der Waals surface area contributed by atoms with E-state index in [1.54, 1.807) is 25.1 Å². The van der Waals surface area contributed by atoms with Gasteiger partial charge in [0.05, 0.1) is 9.79 Å². The summed E-state index contributed by atoms with van der Waals surface area (Å²) in [6.45, 7) is 3.10. The van der Waals surface area contributed by atoms with E-state index in [1.165, 1.54) is 51.4 Å². The average Bonchev–Trinajstić information content (AvgIpc) is 2.67. The molecule has 2 aromatic rings. The van der Waals surface area contributed by atoms with E-state index in [0.717, 1.165) is 5.56 Å². The minimum atomic E-state index is -3.82. The summed E-state index contributed by atoms with van der Waals surface area (Å²) >= 11 is 0. The lowest BCUT2D eigenvalue weighted by molar-refractivity contribution is -0.114. The van der Waals surface area contributed by atoms with Crippen molar-refractivity contribution in [2.24, 2.45) is 0 Å². The smallest absolute Gasteiger partial charge is 0.240 e. The molecule has 0 aliphatic heterocycles. The predicted octanol–water partition coefficient (Wildman–Crippen LogP) is 1.94. The van der Waals surface area contributed by atoms with Gasteiger partial charge in [-0.25, -0.2) is 26.3 Å². The highest BCUT2D eigenvalue weighted by atomic mass is 32.2. The second-order valence-corrected chi connectivity index (χ2v) is 9.93. The largest absolute Gasteiger partial charge is 0.326 e. The Morgan fingerprint density at radius 2 is 1.31 bits per heavy atom. The van der Waals surface area contributed by atoms with Gasteiger partial charge in [0.15, 0.2) is 0 Å². The van der Waals surface area contributed by atoms with Gasteiger partial charge in [-0.15, -0.1) is 0 Å². The maximum absolute atomic E-state index is 12.4. The SMILES string of the molecule is CNS(=O)(=O)c1cc(C)ccc1/C=C/c1ccc(NC(C)=O)cc1S(=O)(=O)NC. The Kier molecular flexibility index (Phi) is 6.96. The molecule has 0 saturated carbocycles. The zero-order chi connectivity index (χ0) is 21.8. The van der Waals surface area contributed by atoms with Gasteiger partial charge in [0.2, 0.25) is 26.0 Å². The van der Waals surface area contributed by atoms with E-state index in [-0.39, 0.29) is 15.7 Å². The quantitative estimate of drug-likeness (QED) is 0.572. The Labute approximate surface area is 171 Å². The van der Waals surface area contributed by atoms with Crippen LogP contribution in [0.15, 0.2) is 46.2 Å². The Hall–Kier alpha value is -2.53. The third-order valence-electron chi connectivity index (χ3n) is 4.06. The number of aryl methyl sites for hydroxylation is 1. The zero-order valence-electron chi connectivity index (χ0n) is 16.5. The molecule has 2 rings (SSSR count). The van der Waals surface area contributed by atoms with Crippen LogP contribution in [0.1, 0.15) is 23.6 Å². The van der Waals surface area contributed by atoms with Crippen LogP contribution in [0.5, 0.6) is 0 Å². The summed E-state index contributed by atoms with van der Waals surface area (Å²) in [5, 5.41) is 2.54. The highest BCUT2D eigenvalue weighted by Crippen LogP contribution is 2.25. The standard InChI is InChI=1S/C19H23N3O5S2/c1-13-5-6-15(18(11-13)28(24,25)20-3)7-8-16-9-10-17(22-14(2)23)12-19(16)29(26,27)21-4/h5-12,20-21H,1-4H3,(H,22,23)/b8-7+. The molecule has 0 aliphatic carbocycles. The Balaban J connectivity index is 2.60. The summed E-state index contributed by atoms with van der Waals surface area (Å²) in [7, 11) is -4.92. The Morgan fingerprint density at radius 1 is 0.828 bits per heavy atom. The molecule has 0 bridgehead atoms. The lowest BCUT2D eigenvalue weighted by atomic mass is 10.1. The van der Waals surface area contributed by atoms with Crippen LogP contribution in [0.25, 0.3) is 12.2 Å². The van der Waals surface area contributed by atoms with Crippen molar-refractivity contribution in [2.45, 2.75) is 23.6 Å². The van der Waals surface area contributed by atoms with Crippen LogP contribution < -0.4 is 14.8 Å². The second-order valence-electron chi connectivity index (χ2n) is 6.22. The topological polar surface area (TPSA) is 121 Å². The fraction of sp³-hybridized carbons (Fsp3) is 0.211. The predicted molar refractivity (Wildman–Crippen MR) is 113 cm³/mol.